The molecule has 0 unspecified atom stereocenters. The number of alkyl halides is 4. The van der Waals surface area contributed by atoms with Crippen molar-refractivity contribution in [2.75, 3.05) is 0 Å². The molecule has 55 valence electrons. The standard InChI is InChI=1S/C5H7F4/c1-3-5(8,9)4(2,6)7/h1,3H2,2H3. The highest BCUT2D eigenvalue weighted by Gasteiger charge is 2.50. The second-order valence-corrected chi connectivity index (χ2v) is 1.84. The van der Waals surface area contributed by atoms with Gasteiger partial charge in [-0.25, -0.2) is 8.78 Å². The molecule has 0 heterocycles. The summed E-state index contributed by atoms with van der Waals surface area (Å²) >= 11 is 0. The number of rotatable bonds is 2. The molecule has 0 saturated heterocycles. The van der Waals surface area contributed by atoms with E-state index >= 15 is 0 Å². The highest BCUT2D eigenvalue weighted by atomic mass is 19.3. The lowest BCUT2D eigenvalue weighted by molar-refractivity contribution is -0.195. The zero-order chi connectivity index (χ0) is 7.71. The maximum Gasteiger partial charge on any atom is 0.309 e. The van der Waals surface area contributed by atoms with Gasteiger partial charge in [-0.3, -0.25) is 0 Å². The van der Waals surface area contributed by atoms with Gasteiger partial charge in [0.1, 0.15) is 0 Å². The molecule has 0 aromatic rings. The molecular weight excluding hydrogens is 136 g/mol. The van der Waals surface area contributed by atoms with Crippen LogP contribution in [0.3, 0.4) is 0 Å². The van der Waals surface area contributed by atoms with Gasteiger partial charge in [-0.2, -0.15) is 8.78 Å². The van der Waals surface area contributed by atoms with Crippen molar-refractivity contribution in [1.82, 2.24) is 0 Å². The molecule has 0 amide bonds. The Morgan fingerprint density at radius 3 is 1.56 bits per heavy atom. The summed E-state index contributed by atoms with van der Waals surface area (Å²) in [5, 5.41) is 0. The van der Waals surface area contributed by atoms with Crippen molar-refractivity contribution in [3.8, 4) is 0 Å². The van der Waals surface area contributed by atoms with Crippen molar-refractivity contribution in [2.24, 2.45) is 0 Å². The van der Waals surface area contributed by atoms with Crippen molar-refractivity contribution < 1.29 is 17.6 Å². The van der Waals surface area contributed by atoms with Gasteiger partial charge in [-0.05, 0) is 6.92 Å². The molecule has 0 saturated carbocycles. The third kappa shape index (κ3) is 1.84. The van der Waals surface area contributed by atoms with Gasteiger partial charge in [0.15, 0.2) is 0 Å². The molecule has 0 N–H and O–H groups in total. The average molecular weight is 143 g/mol. The first-order valence-corrected chi connectivity index (χ1v) is 2.36. The molecule has 0 bridgehead atoms. The minimum absolute atomic E-state index is 0.179. The molecule has 0 aliphatic heterocycles. The van der Waals surface area contributed by atoms with Gasteiger partial charge >= 0.3 is 11.8 Å². The van der Waals surface area contributed by atoms with E-state index in [0.717, 1.165) is 0 Å². The zero-order valence-electron chi connectivity index (χ0n) is 4.93. The Hall–Kier alpha value is -0.280. The van der Waals surface area contributed by atoms with E-state index in [9.17, 15) is 17.6 Å². The Kier molecular flexibility index (Phi) is 2.09. The van der Waals surface area contributed by atoms with Crippen LogP contribution in [0.5, 0.6) is 0 Å². The van der Waals surface area contributed by atoms with Crippen LogP contribution in [0.25, 0.3) is 0 Å². The SMILES string of the molecule is [CH2]CC(F)(F)C(C)(F)F. The summed E-state index contributed by atoms with van der Waals surface area (Å²) in [4.78, 5) is 0. The van der Waals surface area contributed by atoms with Crippen LogP contribution < -0.4 is 0 Å². The molecule has 0 fully saturated rings. The van der Waals surface area contributed by atoms with Crippen molar-refractivity contribution in [3.63, 3.8) is 0 Å². The summed E-state index contributed by atoms with van der Waals surface area (Å²) in [5.74, 6) is -7.91. The molecule has 0 aromatic heterocycles. The van der Waals surface area contributed by atoms with Crippen molar-refractivity contribution in [3.05, 3.63) is 6.92 Å². The Morgan fingerprint density at radius 1 is 1.22 bits per heavy atom. The molecule has 0 aliphatic carbocycles. The molecule has 0 aliphatic rings. The Balaban J connectivity index is 4.14. The summed E-state index contributed by atoms with van der Waals surface area (Å²) in [6, 6.07) is 0. The molecule has 0 atom stereocenters. The molecular formula is C5H7F4. The molecule has 0 spiro atoms. The maximum absolute atomic E-state index is 11.8. The van der Waals surface area contributed by atoms with Gasteiger partial charge in [0.2, 0.25) is 0 Å². The summed E-state index contributed by atoms with van der Waals surface area (Å²) in [6.45, 7) is 2.87. The van der Waals surface area contributed by atoms with E-state index in [1.165, 1.54) is 0 Å². The summed E-state index contributed by atoms with van der Waals surface area (Å²) < 4.78 is 47.1. The van der Waals surface area contributed by atoms with Gasteiger partial charge < -0.3 is 0 Å². The third-order valence-corrected chi connectivity index (χ3v) is 0.956. The lowest BCUT2D eigenvalue weighted by Gasteiger charge is -2.20. The lowest BCUT2D eigenvalue weighted by atomic mass is 10.1. The highest BCUT2D eigenvalue weighted by molar-refractivity contribution is 4.80. The van der Waals surface area contributed by atoms with Crippen LogP contribution in [0.4, 0.5) is 17.6 Å². The summed E-state index contributed by atoms with van der Waals surface area (Å²) in [6.07, 6.45) is -1.07. The van der Waals surface area contributed by atoms with Crippen LogP contribution in [0.1, 0.15) is 13.3 Å². The fourth-order valence-corrected chi connectivity index (χ4v) is 0.219. The van der Waals surface area contributed by atoms with Crippen LogP contribution in [0, 0.1) is 6.92 Å². The Labute approximate surface area is 50.9 Å². The molecule has 1 radical (unpaired) electrons. The van der Waals surface area contributed by atoms with E-state index in [0.29, 0.717) is 0 Å². The first-order valence-electron chi connectivity index (χ1n) is 2.36. The van der Waals surface area contributed by atoms with Gasteiger partial charge in [0, 0.05) is 13.3 Å². The van der Waals surface area contributed by atoms with Crippen LogP contribution >= 0.6 is 0 Å². The van der Waals surface area contributed by atoms with E-state index in [4.69, 9.17) is 0 Å². The molecule has 4 heteroatoms. The molecule has 0 nitrogen and oxygen atoms in total. The van der Waals surface area contributed by atoms with Gasteiger partial charge in [-0.15, -0.1) is 0 Å². The molecule has 9 heavy (non-hydrogen) atoms. The number of halogens is 4. The highest BCUT2D eigenvalue weighted by Crippen LogP contribution is 2.35. The van der Waals surface area contributed by atoms with Gasteiger partial charge in [-0.1, -0.05) is 0 Å². The second kappa shape index (κ2) is 2.15. The first-order chi connectivity index (χ1) is 3.81. The van der Waals surface area contributed by atoms with E-state index in [1.807, 2.05) is 0 Å². The van der Waals surface area contributed by atoms with Crippen LogP contribution in [0.15, 0.2) is 0 Å². The Morgan fingerprint density at radius 2 is 1.56 bits per heavy atom. The fraction of sp³-hybridized carbons (Fsp3) is 0.800. The van der Waals surface area contributed by atoms with Crippen molar-refractivity contribution in [2.45, 2.75) is 25.2 Å². The average Bonchev–Trinajstić information content (AvgIpc) is 1.64. The van der Waals surface area contributed by atoms with Crippen LogP contribution in [-0.4, -0.2) is 11.8 Å². The van der Waals surface area contributed by atoms with Crippen molar-refractivity contribution >= 4 is 0 Å². The fourth-order valence-electron chi connectivity index (χ4n) is 0.219. The van der Waals surface area contributed by atoms with Crippen molar-refractivity contribution in [1.29, 1.82) is 0 Å². The van der Waals surface area contributed by atoms with Gasteiger partial charge in [0.25, 0.3) is 0 Å². The second-order valence-electron chi connectivity index (χ2n) is 1.84. The molecule has 0 rings (SSSR count). The predicted octanol–water partition coefficient (Wildman–Crippen LogP) is 2.50. The topological polar surface area (TPSA) is 0 Å². The lowest BCUT2D eigenvalue weighted by Crippen LogP contribution is -2.36. The minimum Gasteiger partial charge on any atom is -0.200 e. The monoisotopic (exact) mass is 143 g/mol. The van der Waals surface area contributed by atoms with Gasteiger partial charge in [0.05, 0.1) is 0 Å². The van der Waals surface area contributed by atoms with E-state index < -0.39 is 18.3 Å². The third-order valence-electron chi connectivity index (χ3n) is 0.956. The molecule has 0 aromatic carbocycles. The van der Waals surface area contributed by atoms with E-state index in [-0.39, 0.29) is 6.92 Å². The number of hydrogen-bond donors (Lipinski definition) is 0. The minimum atomic E-state index is -3.97. The summed E-state index contributed by atoms with van der Waals surface area (Å²) in [5.41, 5.74) is 0. The maximum atomic E-state index is 11.8. The number of hydrogen-bond acceptors (Lipinski definition) is 0. The smallest absolute Gasteiger partial charge is 0.200 e. The Bertz CT molecular complexity index is 91.6. The predicted molar refractivity (Wildman–Crippen MR) is 25.5 cm³/mol. The van der Waals surface area contributed by atoms with E-state index in [1.54, 1.807) is 0 Å². The largest absolute Gasteiger partial charge is 0.309 e. The quantitative estimate of drug-likeness (QED) is 0.521. The normalized spacial score (nSPS) is 14.0. The summed E-state index contributed by atoms with van der Waals surface area (Å²) in [7, 11) is 0. The van der Waals surface area contributed by atoms with Crippen LogP contribution in [-0.2, 0) is 0 Å². The van der Waals surface area contributed by atoms with Crippen LogP contribution in [0.2, 0.25) is 0 Å². The zero-order valence-corrected chi connectivity index (χ0v) is 4.93. The van der Waals surface area contributed by atoms with E-state index in [2.05, 4.69) is 6.92 Å². The first kappa shape index (κ1) is 8.72.